The van der Waals surface area contributed by atoms with Gasteiger partial charge < -0.3 is 9.84 Å². The Morgan fingerprint density at radius 1 is 1.40 bits per heavy atom. The van der Waals surface area contributed by atoms with E-state index in [0.29, 0.717) is 0 Å². The molecule has 2 nitrogen and oxygen atoms in total. The lowest BCUT2D eigenvalue weighted by atomic mass is 10.00. The maximum atomic E-state index is 8.82. The summed E-state index contributed by atoms with van der Waals surface area (Å²) in [5.74, 6) is 0.896. The molecule has 0 amide bonds. The maximum Gasteiger partial charge on any atom is 0.125 e. The van der Waals surface area contributed by atoms with E-state index in [0.717, 1.165) is 40.3 Å². The second-order valence-corrected chi connectivity index (χ2v) is 4.05. The van der Waals surface area contributed by atoms with Gasteiger partial charge in [-0.15, -0.1) is 0 Å². The lowest BCUT2D eigenvalue weighted by Gasteiger charge is -2.14. The number of aliphatic hydroxyl groups excluding tert-OH is 1. The van der Waals surface area contributed by atoms with Gasteiger partial charge in [-0.2, -0.15) is 0 Å². The van der Waals surface area contributed by atoms with Gasteiger partial charge in [0.05, 0.1) is 7.11 Å². The summed E-state index contributed by atoms with van der Waals surface area (Å²) in [7, 11) is 1.67. The summed E-state index contributed by atoms with van der Waals surface area (Å²) in [5.41, 5.74) is 3.21. The highest BCUT2D eigenvalue weighted by molar-refractivity contribution is 6.31. The predicted molar refractivity (Wildman–Crippen MR) is 62.9 cm³/mol. The number of benzene rings is 1. The standard InChI is InChI=1S/C12H17ClO2/c1-8-7-11(13)10(5-4-6-14)9(2)12(8)15-3/h7,14H,4-6H2,1-3H3. The molecule has 0 fully saturated rings. The summed E-state index contributed by atoms with van der Waals surface area (Å²) < 4.78 is 5.33. The van der Waals surface area contributed by atoms with Crippen molar-refractivity contribution in [1.29, 1.82) is 0 Å². The largest absolute Gasteiger partial charge is 0.496 e. The van der Waals surface area contributed by atoms with Crippen LogP contribution in [0.3, 0.4) is 0 Å². The molecule has 0 radical (unpaired) electrons. The van der Waals surface area contributed by atoms with Crippen LogP contribution in [0.4, 0.5) is 0 Å². The molecule has 1 aromatic rings. The van der Waals surface area contributed by atoms with E-state index in [1.54, 1.807) is 7.11 Å². The number of methoxy groups -OCH3 is 1. The van der Waals surface area contributed by atoms with Gasteiger partial charge in [0.1, 0.15) is 5.75 Å². The molecule has 0 unspecified atom stereocenters. The third kappa shape index (κ3) is 2.64. The first-order valence-electron chi connectivity index (χ1n) is 5.05. The smallest absolute Gasteiger partial charge is 0.125 e. The van der Waals surface area contributed by atoms with Crippen molar-refractivity contribution in [2.24, 2.45) is 0 Å². The van der Waals surface area contributed by atoms with Crippen molar-refractivity contribution in [2.75, 3.05) is 13.7 Å². The molecule has 1 aromatic carbocycles. The number of aliphatic hydroxyl groups is 1. The van der Waals surface area contributed by atoms with Crippen LogP contribution in [0.2, 0.25) is 5.02 Å². The molecule has 0 aliphatic carbocycles. The van der Waals surface area contributed by atoms with Crippen LogP contribution < -0.4 is 4.74 Å². The summed E-state index contributed by atoms with van der Waals surface area (Å²) in [6, 6.07) is 1.92. The molecule has 0 heterocycles. The third-order valence-corrected chi connectivity index (χ3v) is 2.91. The van der Waals surface area contributed by atoms with Gasteiger partial charge in [-0.3, -0.25) is 0 Å². The SMILES string of the molecule is COc1c(C)cc(Cl)c(CCCO)c1C. The molecule has 0 aliphatic heterocycles. The van der Waals surface area contributed by atoms with Gasteiger partial charge >= 0.3 is 0 Å². The first-order valence-corrected chi connectivity index (χ1v) is 5.43. The lowest BCUT2D eigenvalue weighted by molar-refractivity contribution is 0.288. The minimum atomic E-state index is 0.186. The Balaban J connectivity index is 3.14. The van der Waals surface area contributed by atoms with Crippen molar-refractivity contribution >= 4 is 11.6 Å². The van der Waals surface area contributed by atoms with E-state index in [1.165, 1.54) is 0 Å². The molecular formula is C12H17ClO2. The summed E-state index contributed by atoms with van der Waals surface area (Å²) >= 11 is 6.16. The van der Waals surface area contributed by atoms with E-state index in [4.69, 9.17) is 21.4 Å². The van der Waals surface area contributed by atoms with Crippen molar-refractivity contribution in [2.45, 2.75) is 26.7 Å². The summed E-state index contributed by atoms with van der Waals surface area (Å²) in [6.07, 6.45) is 1.52. The fraction of sp³-hybridized carbons (Fsp3) is 0.500. The first-order chi connectivity index (χ1) is 7.11. The van der Waals surface area contributed by atoms with Gasteiger partial charge in [0.25, 0.3) is 0 Å². The van der Waals surface area contributed by atoms with E-state index >= 15 is 0 Å². The fourth-order valence-electron chi connectivity index (χ4n) is 1.83. The van der Waals surface area contributed by atoms with E-state index in [-0.39, 0.29) is 6.61 Å². The van der Waals surface area contributed by atoms with Crippen LogP contribution in [0, 0.1) is 13.8 Å². The number of hydrogen-bond donors (Lipinski definition) is 1. The minimum Gasteiger partial charge on any atom is -0.496 e. The molecule has 1 N–H and O–H groups in total. The number of aryl methyl sites for hydroxylation is 1. The van der Waals surface area contributed by atoms with Crippen LogP contribution in [0.15, 0.2) is 6.07 Å². The minimum absolute atomic E-state index is 0.186. The third-order valence-electron chi connectivity index (χ3n) is 2.57. The van der Waals surface area contributed by atoms with Crippen molar-refractivity contribution in [3.63, 3.8) is 0 Å². The van der Waals surface area contributed by atoms with Gasteiger partial charge in [0.15, 0.2) is 0 Å². The van der Waals surface area contributed by atoms with Gasteiger partial charge in [-0.1, -0.05) is 11.6 Å². The second-order valence-electron chi connectivity index (χ2n) is 3.64. The molecule has 1 rings (SSSR count). The number of halogens is 1. The van der Waals surface area contributed by atoms with Crippen molar-refractivity contribution < 1.29 is 9.84 Å². The van der Waals surface area contributed by atoms with Gasteiger partial charge in [0.2, 0.25) is 0 Å². The normalized spacial score (nSPS) is 10.5. The summed E-state index contributed by atoms with van der Waals surface area (Å²) in [6.45, 7) is 4.17. The highest BCUT2D eigenvalue weighted by Gasteiger charge is 2.11. The van der Waals surface area contributed by atoms with Crippen molar-refractivity contribution in [1.82, 2.24) is 0 Å². The zero-order valence-electron chi connectivity index (χ0n) is 9.43. The molecule has 0 aromatic heterocycles. The number of rotatable bonds is 4. The van der Waals surface area contributed by atoms with E-state index in [2.05, 4.69) is 0 Å². The van der Waals surface area contributed by atoms with Crippen LogP contribution >= 0.6 is 11.6 Å². The lowest BCUT2D eigenvalue weighted by Crippen LogP contribution is -1.99. The molecule has 15 heavy (non-hydrogen) atoms. The molecule has 3 heteroatoms. The second kappa shape index (κ2) is 5.38. The number of hydrogen-bond acceptors (Lipinski definition) is 2. The first kappa shape index (κ1) is 12.3. The predicted octanol–water partition coefficient (Wildman–Crippen LogP) is 2.89. The van der Waals surface area contributed by atoms with Crippen molar-refractivity contribution in [3.8, 4) is 5.75 Å². The number of ether oxygens (including phenoxy) is 1. The fourth-order valence-corrected chi connectivity index (χ4v) is 2.23. The van der Waals surface area contributed by atoms with Crippen LogP contribution in [-0.4, -0.2) is 18.8 Å². The monoisotopic (exact) mass is 228 g/mol. The molecule has 0 aliphatic rings. The molecule has 0 spiro atoms. The van der Waals surface area contributed by atoms with Gasteiger partial charge in [-0.25, -0.2) is 0 Å². The molecule has 0 bridgehead atoms. The van der Waals surface area contributed by atoms with E-state index in [1.807, 2.05) is 19.9 Å². The van der Waals surface area contributed by atoms with Gasteiger partial charge in [0, 0.05) is 11.6 Å². The highest BCUT2D eigenvalue weighted by Crippen LogP contribution is 2.32. The zero-order valence-corrected chi connectivity index (χ0v) is 10.2. The molecule has 0 atom stereocenters. The van der Waals surface area contributed by atoms with Crippen LogP contribution in [0.1, 0.15) is 23.1 Å². The Morgan fingerprint density at radius 3 is 2.60 bits per heavy atom. The average Bonchev–Trinajstić information content (AvgIpc) is 2.17. The zero-order chi connectivity index (χ0) is 11.4. The summed E-state index contributed by atoms with van der Waals surface area (Å²) in [4.78, 5) is 0. The van der Waals surface area contributed by atoms with Crippen LogP contribution in [0.25, 0.3) is 0 Å². The van der Waals surface area contributed by atoms with Gasteiger partial charge in [-0.05, 0) is 49.4 Å². The topological polar surface area (TPSA) is 29.5 Å². The molecule has 0 saturated carbocycles. The Bertz CT molecular complexity index is 348. The van der Waals surface area contributed by atoms with Crippen molar-refractivity contribution in [3.05, 3.63) is 27.8 Å². The van der Waals surface area contributed by atoms with E-state index in [9.17, 15) is 0 Å². The Kier molecular flexibility index (Phi) is 4.43. The Hall–Kier alpha value is -0.730. The highest BCUT2D eigenvalue weighted by atomic mass is 35.5. The molecular weight excluding hydrogens is 212 g/mol. The summed E-state index contributed by atoms with van der Waals surface area (Å²) in [5, 5.41) is 9.58. The van der Waals surface area contributed by atoms with Crippen LogP contribution in [-0.2, 0) is 6.42 Å². The molecule has 84 valence electrons. The van der Waals surface area contributed by atoms with Crippen LogP contribution in [0.5, 0.6) is 5.75 Å². The van der Waals surface area contributed by atoms with E-state index < -0.39 is 0 Å². The average molecular weight is 229 g/mol. The maximum absolute atomic E-state index is 8.82. The quantitative estimate of drug-likeness (QED) is 0.859. The molecule has 0 saturated heterocycles. The Labute approximate surface area is 95.8 Å². The Morgan fingerprint density at radius 2 is 2.07 bits per heavy atom.